The number of carbonyl (C=O) groups excluding carboxylic acids is 2. The lowest BCUT2D eigenvalue weighted by atomic mass is 10.1. The van der Waals surface area contributed by atoms with Crippen LogP contribution >= 0.6 is 11.6 Å². The highest BCUT2D eigenvalue weighted by Gasteiger charge is 2.09. The van der Waals surface area contributed by atoms with Crippen molar-refractivity contribution in [2.24, 2.45) is 5.73 Å². The van der Waals surface area contributed by atoms with Crippen molar-refractivity contribution in [3.63, 3.8) is 0 Å². The number of hydrogen-bond donors (Lipinski definition) is 3. The lowest BCUT2D eigenvalue weighted by Crippen LogP contribution is -2.38. The Balaban J connectivity index is 2.63. The van der Waals surface area contributed by atoms with E-state index in [-0.39, 0.29) is 17.4 Å². The van der Waals surface area contributed by atoms with Crippen molar-refractivity contribution in [3.8, 4) is 5.75 Å². The lowest BCUT2D eigenvalue weighted by molar-refractivity contribution is -0.121. The van der Waals surface area contributed by atoms with Gasteiger partial charge in [0.1, 0.15) is 5.75 Å². The van der Waals surface area contributed by atoms with Crippen molar-refractivity contribution < 1.29 is 19.4 Å². The maximum absolute atomic E-state index is 11.1. The van der Waals surface area contributed by atoms with Gasteiger partial charge in [0.15, 0.2) is 6.61 Å². The van der Waals surface area contributed by atoms with Gasteiger partial charge >= 0.3 is 6.03 Å². The molecule has 0 radical (unpaired) electrons. The topological polar surface area (TPSA) is 102 Å². The van der Waals surface area contributed by atoms with Gasteiger partial charge in [0, 0.05) is 0 Å². The summed E-state index contributed by atoms with van der Waals surface area (Å²) in [6.07, 6.45) is -0.644. The van der Waals surface area contributed by atoms with Gasteiger partial charge in [0.25, 0.3) is 5.91 Å². The molecule has 18 heavy (non-hydrogen) atoms. The van der Waals surface area contributed by atoms with Gasteiger partial charge in [-0.3, -0.25) is 10.1 Å². The summed E-state index contributed by atoms with van der Waals surface area (Å²) in [4.78, 5) is 21.5. The first-order chi connectivity index (χ1) is 8.40. The summed E-state index contributed by atoms with van der Waals surface area (Å²) in [7, 11) is 0. The van der Waals surface area contributed by atoms with Crippen LogP contribution in [0.2, 0.25) is 5.02 Å². The minimum absolute atomic E-state index is 0.264. The number of rotatable bonds is 4. The fourth-order valence-corrected chi connectivity index (χ4v) is 1.45. The number of imide groups is 1. The third kappa shape index (κ3) is 4.23. The van der Waals surface area contributed by atoms with Crippen molar-refractivity contribution in [1.82, 2.24) is 5.32 Å². The fourth-order valence-electron chi connectivity index (χ4n) is 1.21. The zero-order valence-corrected chi connectivity index (χ0v) is 10.4. The predicted octanol–water partition coefficient (Wildman–Crippen LogP) is 0.967. The Bertz CT molecular complexity index is 462. The molecule has 7 heteroatoms. The molecule has 1 aromatic rings. The third-order valence-corrected chi connectivity index (χ3v) is 2.36. The molecule has 0 saturated carbocycles. The first-order valence-corrected chi connectivity index (χ1v) is 5.47. The quantitative estimate of drug-likeness (QED) is 0.760. The maximum atomic E-state index is 11.1. The highest BCUT2D eigenvalue weighted by atomic mass is 35.5. The second-order valence-corrected chi connectivity index (χ2v) is 3.97. The van der Waals surface area contributed by atoms with E-state index in [1.54, 1.807) is 13.0 Å². The largest absolute Gasteiger partial charge is 0.482 e. The minimum Gasteiger partial charge on any atom is -0.482 e. The molecule has 0 fully saturated rings. The zero-order valence-electron chi connectivity index (χ0n) is 9.64. The Morgan fingerprint density at radius 2 is 2.22 bits per heavy atom. The smallest absolute Gasteiger partial charge is 0.318 e. The molecule has 1 rings (SSSR count). The molecule has 0 aliphatic rings. The van der Waals surface area contributed by atoms with Crippen LogP contribution in [0.5, 0.6) is 5.75 Å². The average Bonchev–Trinajstić information content (AvgIpc) is 2.26. The average molecular weight is 273 g/mol. The van der Waals surface area contributed by atoms with Gasteiger partial charge < -0.3 is 15.6 Å². The van der Waals surface area contributed by atoms with E-state index in [2.05, 4.69) is 0 Å². The molecule has 0 bridgehead atoms. The number of aliphatic hydroxyl groups is 1. The third-order valence-electron chi connectivity index (χ3n) is 2.06. The van der Waals surface area contributed by atoms with Crippen molar-refractivity contribution in [2.45, 2.75) is 13.0 Å². The van der Waals surface area contributed by atoms with E-state index in [0.717, 1.165) is 0 Å². The highest BCUT2D eigenvalue weighted by molar-refractivity contribution is 6.32. The van der Waals surface area contributed by atoms with Gasteiger partial charge in [0.2, 0.25) is 0 Å². The molecule has 3 amide bonds. The number of primary amides is 1. The second-order valence-electron chi connectivity index (χ2n) is 3.57. The Morgan fingerprint density at radius 3 is 2.72 bits per heavy atom. The Morgan fingerprint density at radius 1 is 1.56 bits per heavy atom. The van der Waals surface area contributed by atoms with E-state index >= 15 is 0 Å². The number of aliphatic hydroxyl groups excluding tert-OH is 1. The Hall–Kier alpha value is -1.79. The molecule has 0 saturated heterocycles. The summed E-state index contributed by atoms with van der Waals surface area (Å²) in [5.74, 6) is -0.390. The number of halogens is 1. The van der Waals surface area contributed by atoms with Crippen molar-refractivity contribution in [2.75, 3.05) is 6.61 Å². The molecule has 0 unspecified atom stereocenters. The van der Waals surface area contributed by atoms with Crippen LogP contribution in [-0.4, -0.2) is 23.7 Å². The lowest BCUT2D eigenvalue weighted by Gasteiger charge is -2.10. The second kappa shape index (κ2) is 6.23. The van der Waals surface area contributed by atoms with Gasteiger partial charge in [0.05, 0.1) is 11.1 Å². The molecule has 6 nitrogen and oxygen atoms in total. The number of ether oxygens (including phenoxy) is 1. The molecule has 98 valence electrons. The maximum Gasteiger partial charge on any atom is 0.318 e. The predicted molar refractivity (Wildman–Crippen MR) is 65.3 cm³/mol. The van der Waals surface area contributed by atoms with E-state index in [1.165, 1.54) is 12.1 Å². The number of nitrogens with one attached hydrogen (secondary N) is 1. The SMILES string of the molecule is C[C@H](O)c1ccc(OCC(=O)NC(N)=O)c(Cl)c1. The molecule has 0 aromatic heterocycles. The molecule has 1 aromatic carbocycles. The summed E-state index contributed by atoms with van der Waals surface area (Å²) in [6, 6.07) is 3.74. The van der Waals surface area contributed by atoms with Gasteiger partial charge in [-0.25, -0.2) is 4.79 Å². The number of hydrogen-bond acceptors (Lipinski definition) is 4. The molecular formula is C11H13ClN2O4. The van der Waals surface area contributed by atoms with E-state index < -0.39 is 18.0 Å². The van der Waals surface area contributed by atoms with Crippen LogP contribution in [0.4, 0.5) is 4.79 Å². The standard InChI is InChI=1S/C11H13ClN2O4/c1-6(15)7-2-3-9(8(12)4-7)18-5-10(16)14-11(13)17/h2-4,6,15H,5H2,1H3,(H3,13,14,16,17)/t6-/m0/s1. The summed E-state index contributed by atoms with van der Waals surface area (Å²) < 4.78 is 5.10. The van der Waals surface area contributed by atoms with E-state index in [1.807, 2.05) is 5.32 Å². The van der Waals surface area contributed by atoms with E-state index in [9.17, 15) is 14.7 Å². The summed E-state index contributed by atoms with van der Waals surface area (Å²) in [5, 5.41) is 11.5. The van der Waals surface area contributed by atoms with Crippen LogP contribution in [-0.2, 0) is 4.79 Å². The van der Waals surface area contributed by atoms with Crippen molar-refractivity contribution in [1.29, 1.82) is 0 Å². The molecule has 0 heterocycles. The summed E-state index contributed by atoms with van der Waals surface area (Å²) >= 11 is 5.90. The van der Waals surface area contributed by atoms with Crippen LogP contribution < -0.4 is 15.8 Å². The zero-order chi connectivity index (χ0) is 13.7. The van der Waals surface area contributed by atoms with Crippen LogP contribution in [0.3, 0.4) is 0 Å². The minimum atomic E-state index is -0.945. The van der Waals surface area contributed by atoms with Crippen molar-refractivity contribution >= 4 is 23.5 Å². The van der Waals surface area contributed by atoms with Gasteiger partial charge in [-0.15, -0.1) is 0 Å². The molecule has 0 spiro atoms. The molecule has 0 aliphatic heterocycles. The number of carbonyl (C=O) groups is 2. The van der Waals surface area contributed by atoms with Crippen molar-refractivity contribution in [3.05, 3.63) is 28.8 Å². The van der Waals surface area contributed by atoms with Crippen LogP contribution in [0, 0.1) is 0 Å². The first kappa shape index (κ1) is 14.3. The van der Waals surface area contributed by atoms with Gasteiger partial charge in [-0.2, -0.15) is 0 Å². The number of benzene rings is 1. The number of urea groups is 1. The number of nitrogens with two attached hydrogens (primary N) is 1. The molecule has 1 atom stereocenters. The van der Waals surface area contributed by atoms with Gasteiger partial charge in [-0.05, 0) is 24.6 Å². The summed E-state index contributed by atoms with van der Waals surface area (Å²) in [6.45, 7) is 1.23. The normalized spacial score (nSPS) is 11.7. The molecular weight excluding hydrogens is 260 g/mol. The first-order valence-electron chi connectivity index (χ1n) is 5.09. The van der Waals surface area contributed by atoms with E-state index in [4.69, 9.17) is 22.1 Å². The number of amides is 3. The van der Waals surface area contributed by atoms with Crippen LogP contribution in [0.1, 0.15) is 18.6 Å². The fraction of sp³-hybridized carbons (Fsp3) is 0.273. The van der Waals surface area contributed by atoms with Gasteiger partial charge in [-0.1, -0.05) is 17.7 Å². The highest BCUT2D eigenvalue weighted by Crippen LogP contribution is 2.27. The van der Waals surface area contributed by atoms with E-state index in [0.29, 0.717) is 5.56 Å². The molecule has 0 aliphatic carbocycles. The van der Waals surface area contributed by atoms with Crippen LogP contribution in [0.25, 0.3) is 0 Å². The monoisotopic (exact) mass is 272 g/mol. The summed E-state index contributed by atoms with van der Waals surface area (Å²) in [5.41, 5.74) is 5.40. The van der Waals surface area contributed by atoms with Crippen LogP contribution in [0.15, 0.2) is 18.2 Å². The molecule has 4 N–H and O–H groups in total. The Labute approximate surface area is 109 Å². The Kier molecular flexibility index (Phi) is 4.94.